The second kappa shape index (κ2) is 8.68. The van der Waals surface area contributed by atoms with Crippen molar-refractivity contribution in [2.24, 2.45) is 7.05 Å². The number of imidazole rings is 1. The van der Waals surface area contributed by atoms with Gasteiger partial charge < -0.3 is 14.8 Å². The molecule has 3 rings (SSSR count). The average Bonchev–Trinajstić information content (AvgIpc) is 2.97. The van der Waals surface area contributed by atoms with Crippen LogP contribution in [0.15, 0.2) is 30.3 Å². The minimum Gasteiger partial charge on any atom is -0.370 e. The number of nitrogens with one attached hydrogen (secondary N) is 1. The molecule has 4 nitrogen and oxygen atoms in total. The lowest BCUT2D eigenvalue weighted by molar-refractivity contribution is 0.704. The van der Waals surface area contributed by atoms with Gasteiger partial charge in [-0.2, -0.15) is 0 Å². The molecule has 3 aromatic rings. The summed E-state index contributed by atoms with van der Waals surface area (Å²) in [5.41, 5.74) is 8.48. The number of hydrogen-bond donors (Lipinski definition) is 1. The van der Waals surface area contributed by atoms with E-state index in [9.17, 15) is 0 Å². The number of para-hydroxylation sites is 1. The highest BCUT2D eigenvalue weighted by Gasteiger charge is 2.16. The molecule has 1 aromatic heterocycles. The van der Waals surface area contributed by atoms with Crippen molar-refractivity contribution in [2.45, 2.75) is 53.9 Å². The Morgan fingerprint density at radius 3 is 2.36 bits per heavy atom. The predicted octanol–water partition coefficient (Wildman–Crippen LogP) is 6.26. The average molecular weight is 379 g/mol. The van der Waals surface area contributed by atoms with Crippen LogP contribution in [-0.2, 0) is 7.05 Å². The smallest absolute Gasteiger partial charge is 0.208 e. The highest BCUT2D eigenvalue weighted by atomic mass is 15.2. The lowest BCUT2D eigenvalue weighted by Crippen LogP contribution is -2.25. The van der Waals surface area contributed by atoms with Crippen molar-refractivity contribution in [3.05, 3.63) is 47.0 Å². The van der Waals surface area contributed by atoms with Gasteiger partial charge in [0, 0.05) is 25.8 Å². The maximum absolute atomic E-state index is 4.92. The zero-order chi connectivity index (χ0) is 20.3. The molecule has 2 aromatic carbocycles. The molecule has 1 heterocycles. The molecule has 0 unspecified atom stereocenters. The van der Waals surface area contributed by atoms with Gasteiger partial charge in [0.25, 0.3) is 0 Å². The Morgan fingerprint density at radius 2 is 1.71 bits per heavy atom. The molecule has 1 N–H and O–H groups in total. The van der Waals surface area contributed by atoms with E-state index in [0.717, 1.165) is 36.7 Å². The summed E-state index contributed by atoms with van der Waals surface area (Å²) in [7, 11) is 2.12. The summed E-state index contributed by atoms with van der Waals surface area (Å²) in [4.78, 5) is 7.43. The molecule has 4 heteroatoms. The first-order valence-electron chi connectivity index (χ1n) is 10.5. The Hall–Kier alpha value is -2.49. The summed E-state index contributed by atoms with van der Waals surface area (Å²) in [5, 5.41) is 3.60. The van der Waals surface area contributed by atoms with E-state index in [-0.39, 0.29) is 0 Å². The lowest BCUT2D eigenvalue weighted by Gasteiger charge is -2.25. The maximum Gasteiger partial charge on any atom is 0.208 e. The van der Waals surface area contributed by atoms with E-state index in [0.29, 0.717) is 0 Å². The summed E-state index contributed by atoms with van der Waals surface area (Å²) < 4.78 is 2.21. The SMILES string of the molecule is CCCCN(CCC)c1cccc2nc(Nc3c(C)cc(C)cc3C)n(C)c12. The fraction of sp³-hybridized carbons (Fsp3) is 0.458. The van der Waals surface area contributed by atoms with E-state index in [2.05, 4.69) is 86.8 Å². The molecule has 0 atom stereocenters. The Kier molecular flexibility index (Phi) is 6.28. The van der Waals surface area contributed by atoms with Crippen molar-refractivity contribution in [1.82, 2.24) is 9.55 Å². The Bertz CT molecular complexity index is 932. The number of benzene rings is 2. The second-order valence-electron chi connectivity index (χ2n) is 7.88. The van der Waals surface area contributed by atoms with Crippen molar-refractivity contribution >= 4 is 28.4 Å². The standard InChI is InChI=1S/C24H34N4/c1-7-9-14-28(13-8-2)21-12-10-11-20-23(21)27(6)24(25-20)26-22-18(4)15-17(3)16-19(22)5/h10-12,15-16H,7-9,13-14H2,1-6H3,(H,25,26). The van der Waals surface area contributed by atoms with E-state index < -0.39 is 0 Å². The molecule has 0 aliphatic carbocycles. The van der Waals surface area contributed by atoms with Gasteiger partial charge in [-0.1, -0.05) is 44.0 Å². The van der Waals surface area contributed by atoms with Gasteiger partial charge in [0.05, 0.1) is 16.7 Å². The molecular formula is C24H34N4. The number of nitrogens with zero attached hydrogens (tertiary/aromatic N) is 3. The number of aryl methyl sites for hydroxylation is 4. The third-order valence-electron chi connectivity index (χ3n) is 5.40. The molecule has 0 aliphatic heterocycles. The van der Waals surface area contributed by atoms with Crippen LogP contribution in [-0.4, -0.2) is 22.6 Å². The van der Waals surface area contributed by atoms with Crippen LogP contribution in [0.4, 0.5) is 17.3 Å². The highest BCUT2D eigenvalue weighted by Crippen LogP contribution is 2.32. The number of rotatable bonds is 8. The van der Waals surface area contributed by atoms with Crippen LogP contribution in [0.3, 0.4) is 0 Å². The third-order valence-corrected chi connectivity index (χ3v) is 5.40. The number of aromatic nitrogens is 2. The molecule has 28 heavy (non-hydrogen) atoms. The summed E-state index contributed by atoms with van der Waals surface area (Å²) in [6.07, 6.45) is 3.56. The topological polar surface area (TPSA) is 33.1 Å². The number of hydrogen-bond acceptors (Lipinski definition) is 3. The summed E-state index contributed by atoms with van der Waals surface area (Å²) in [5.74, 6) is 0.893. The molecule has 0 amide bonds. The summed E-state index contributed by atoms with van der Waals surface area (Å²) in [6.45, 7) is 13.1. The van der Waals surface area contributed by atoms with E-state index in [1.807, 2.05) is 0 Å². The fourth-order valence-corrected chi connectivity index (χ4v) is 4.08. The highest BCUT2D eigenvalue weighted by molar-refractivity contribution is 5.91. The van der Waals surface area contributed by atoms with Crippen LogP contribution in [0.5, 0.6) is 0 Å². The largest absolute Gasteiger partial charge is 0.370 e. The van der Waals surface area contributed by atoms with Gasteiger partial charge in [-0.05, 0) is 56.9 Å². The first kappa shape index (κ1) is 20.2. The summed E-state index contributed by atoms with van der Waals surface area (Å²) in [6, 6.07) is 10.9. The van der Waals surface area contributed by atoms with E-state index in [1.165, 1.54) is 40.7 Å². The minimum atomic E-state index is 0.893. The van der Waals surface area contributed by atoms with Crippen molar-refractivity contribution in [2.75, 3.05) is 23.3 Å². The maximum atomic E-state index is 4.92. The van der Waals surface area contributed by atoms with Gasteiger partial charge in [-0.25, -0.2) is 4.98 Å². The molecule has 0 bridgehead atoms. The molecule has 0 aliphatic rings. The molecule has 150 valence electrons. The predicted molar refractivity (Wildman–Crippen MR) is 122 cm³/mol. The van der Waals surface area contributed by atoms with Gasteiger partial charge in [0.15, 0.2) is 0 Å². The normalized spacial score (nSPS) is 11.2. The molecule has 0 spiro atoms. The zero-order valence-electron chi connectivity index (χ0n) is 18.3. The van der Waals surface area contributed by atoms with Crippen molar-refractivity contribution in [3.63, 3.8) is 0 Å². The Balaban J connectivity index is 2.04. The number of anilines is 3. The van der Waals surface area contributed by atoms with Gasteiger partial charge in [-0.3, -0.25) is 0 Å². The van der Waals surface area contributed by atoms with Crippen LogP contribution >= 0.6 is 0 Å². The minimum absolute atomic E-state index is 0.893. The lowest BCUT2D eigenvalue weighted by atomic mass is 10.1. The van der Waals surface area contributed by atoms with Crippen LogP contribution in [0.25, 0.3) is 11.0 Å². The van der Waals surface area contributed by atoms with Gasteiger partial charge >= 0.3 is 0 Å². The van der Waals surface area contributed by atoms with Crippen molar-refractivity contribution in [3.8, 4) is 0 Å². The van der Waals surface area contributed by atoms with E-state index in [1.54, 1.807) is 0 Å². The van der Waals surface area contributed by atoms with Crippen LogP contribution in [0.1, 0.15) is 49.8 Å². The van der Waals surface area contributed by atoms with Crippen molar-refractivity contribution in [1.29, 1.82) is 0 Å². The Labute approximate surface area is 169 Å². The second-order valence-corrected chi connectivity index (χ2v) is 7.88. The van der Waals surface area contributed by atoms with E-state index in [4.69, 9.17) is 4.98 Å². The van der Waals surface area contributed by atoms with Gasteiger partial charge in [-0.15, -0.1) is 0 Å². The number of fused-ring (bicyclic) bond motifs is 1. The molecular weight excluding hydrogens is 344 g/mol. The monoisotopic (exact) mass is 378 g/mol. The molecule has 0 radical (unpaired) electrons. The first-order chi connectivity index (χ1) is 13.5. The number of unbranched alkanes of at least 4 members (excludes halogenated alkanes) is 1. The molecule has 0 saturated heterocycles. The van der Waals surface area contributed by atoms with Crippen LogP contribution in [0.2, 0.25) is 0 Å². The van der Waals surface area contributed by atoms with Crippen LogP contribution in [0, 0.1) is 20.8 Å². The van der Waals surface area contributed by atoms with Crippen molar-refractivity contribution < 1.29 is 0 Å². The quantitative estimate of drug-likeness (QED) is 0.502. The Morgan fingerprint density at radius 1 is 1.00 bits per heavy atom. The first-order valence-corrected chi connectivity index (χ1v) is 10.5. The van der Waals surface area contributed by atoms with Crippen LogP contribution < -0.4 is 10.2 Å². The van der Waals surface area contributed by atoms with Gasteiger partial charge in [0.2, 0.25) is 5.95 Å². The fourth-order valence-electron chi connectivity index (χ4n) is 4.08. The molecule has 0 fully saturated rings. The summed E-state index contributed by atoms with van der Waals surface area (Å²) >= 11 is 0. The third kappa shape index (κ3) is 4.01. The van der Waals surface area contributed by atoms with E-state index >= 15 is 0 Å². The zero-order valence-corrected chi connectivity index (χ0v) is 18.3. The van der Waals surface area contributed by atoms with Gasteiger partial charge in [0.1, 0.15) is 0 Å². The molecule has 0 saturated carbocycles.